The summed E-state index contributed by atoms with van der Waals surface area (Å²) in [6.07, 6.45) is 3.73. The van der Waals surface area contributed by atoms with E-state index in [1.807, 2.05) is 42.5 Å². The monoisotopic (exact) mass is 221 g/mol. The molecule has 1 atom stereocenters. The number of allylic oxidation sites excluding steroid dienone is 1. The van der Waals surface area contributed by atoms with Crippen molar-refractivity contribution in [1.29, 1.82) is 5.26 Å². The highest BCUT2D eigenvalue weighted by molar-refractivity contribution is 9.09. The van der Waals surface area contributed by atoms with Crippen LogP contribution in [0.2, 0.25) is 0 Å². The van der Waals surface area contributed by atoms with E-state index in [0.29, 0.717) is 0 Å². The first-order valence-corrected chi connectivity index (χ1v) is 4.51. The Morgan fingerprint density at radius 1 is 1.33 bits per heavy atom. The van der Waals surface area contributed by atoms with E-state index in [1.165, 1.54) is 0 Å². The normalized spacial score (nSPS) is 12.7. The molecule has 0 heterocycles. The molecule has 1 rings (SSSR count). The van der Waals surface area contributed by atoms with Gasteiger partial charge in [0.2, 0.25) is 0 Å². The Hall–Kier alpha value is -1.07. The van der Waals surface area contributed by atoms with Crippen molar-refractivity contribution in [2.45, 2.75) is 4.83 Å². The van der Waals surface area contributed by atoms with Gasteiger partial charge in [-0.25, -0.2) is 0 Å². The quantitative estimate of drug-likeness (QED) is 0.705. The molecule has 60 valence electrons. The lowest BCUT2D eigenvalue weighted by molar-refractivity contribution is 1.39. The molecule has 0 aromatic heterocycles. The fraction of sp³-hybridized carbons (Fsp3) is 0.100. The Bertz CT molecular complexity index is 297. The van der Waals surface area contributed by atoms with Crippen molar-refractivity contribution >= 4 is 22.0 Å². The number of rotatable bonds is 2. The number of benzene rings is 1. The summed E-state index contributed by atoms with van der Waals surface area (Å²) in [7, 11) is 0. The van der Waals surface area contributed by atoms with Crippen molar-refractivity contribution in [3.8, 4) is 6.07 Å². The van der Waals surface area contributed by atoms with Crippen molar-refractivity contribution in [3.05, 3.63) is 42.0 Å². The van der Waals surface area contributed by atoms with E-state index in [1.54, 1.807) is 0 Å². The molecule has 0 radical (unpaired) electrons. The molecule has 0 saturated heterocycles. The minimum Gasteiger partial charge on any atom is -0.197 e. The van der Waals surface area contributed by atoms with Gasteiger partial charge in [-0.15, -0.1) is 0 Å². The Kier molecular flexibility index (Phi) is 3.56. The van der Waals surface area contributed by atoms with Gasteiger partial charge in [-0.2, -0.15) is 5.26 Å². The molecule has 0 saturated carbocycles. The van der Waals surface area contributed by atoms with Gasteiger partial charge >= 0.3 is 0 Å². The number of halogens is 1. The minimum absolute atomic E-state index is 0.197. The van der Waals surface area contributed by atoms with E-state index >= 15 is 0 Å². The SMILES string of the molecule is N#CC(Br)/C=C/c1ccccc1. The zero-order chi connectivity index (χ0) is 8.81. The molecule has 1 nitrogen and oxygen atoms in total. The Balaban J connectivity index is 2.65. The summed E-state index contributed by atoms with van der Waals surface area (Å²) >= 11 is 3.19. The van der Waals surface area contributed by atoms with Gasteiger partial charge < -0.3 is 0 Å². The molecular weight excluding hydrogens is 214 g/mol. The van der Waals surface area contributed by atoms with Crippen molar-refractivity contribution in [3.63, 3.8) is 0 Å². The van der Waals surface area contributed by atoms with Crippen LogP contribution in [0.5, 0.6) is 0 Å². The average Bonchev–Trinajstić information content (AvgIpc) is 2.16. The van der Waals surface area contributed by atoms with E-state index in [-0.39, 0.29) is 4.83 Å². The molecule has 0 fully saturated rings. The second-order valence-electron chi connectivity index (χ2n) is 2.30. The molecule has 0 aliphatic rings. The summed E-state index contributed by atoms with van der Waals surface area (Å²) in [6, 6.07) is 12.0. The molecule has 0 aliphatic carbocycles. The number of hydrogen-bond donors (Lipinski definition) is 0. The summed E-state index contributed by atoms with van der Waals surface area (Å²) in [6.45, 7) is 0. The third-order valence-electron chi connectivity index (χ3n) is 1.38. The largest absolute Gasteiger partial charge is 0.197 e. The summed E-state index contributed by atoms with van der Waals surface area (Å²) in [5.41, 5.74) is 1.11. The Morgan fingerprint density at radius 3 is 2.58 bits per heavy atom. The van der Waals surface area contributed by atoms with Crippen molar-refractivity contribution in [2.75, 3.05) is 0 Å². The average molecular weight is 222 g/mol. The lowest BCUT2D eigenvalue weighted by Crippen LogP contribution is -1.83. The molecule has 0 aliphatic heterocycles. The highest BCUT2D eigenvalue weighted by Gasteiger charge is 1.92. The topological polar surface area (TPSA) is 23.8 Å². The van der Waals surface area contributed by atoms with Crippen LogP contribution >= 0.6 is 15.9 Å². The van der Waals surface area contributed by atoms with E-state index in [2.05, 4.69) is 22.0 Å². The van der Waals surface area contributed by atoms with Crippen LogP contribution in [-0.2, 0) is 0 Å². The number of alkyl halides is 1. The van der Waals surface area contributed by atoms with E-state index in [0.717, 1.165) is 5.56 Å². The van der Waals surface area contributed by atoms with Crippen molar-refractivity contribution in [2.24, 2.45) is 0 Å². The fourth-order valence-electron chi connectivity index (χ4n) is 0.803. The molecular formula is C10H8BrN. The van der Waals surface area contributed by atoms with E-state index < -0.39 is 0 Å². The van der Waals surface area contributed by atoms with Gasteiger partial charge in [0.15, 0.2) is 0 Å². The first kappa shape index (κ1) is 9.02. The molecule has 0 amide bonds. The van der Waals surface area contributed by atoms with E-state index in [4.69, 9.17) is 5.26 Å². The Morgan fingerprint density at radius 2 is 2.00 bits per heavy atom. The summed E-state index contributed by atoms with van der Waals surface area (Å²) < 4.78 is 0. The molecule has 0 N–H and O–H groups in total. The number of nitrogens with zero attached hydrogens (tertiary/aromatic N) is 1. The maximum absolute atomic E-state index is 8.46. The number of nitriles is 1. The van der Waals surface area contributed by atoms with Crippen molar-refractivity contribution < 1.29 is 0 Å². The van der Waals surface area contributed by atoms with Gasteiger partial charge in [0, 0.05) is 0 Å². The van der Waals surface area contributed by atoms with Crippen LogP contribution in [0.25, 0.3) is 6.08 Å². The lowest BCUT2D eigenvalue weighted by Gasteiger charge is -1.91. The third-order valence-corrected chi connectivity index (χ3v) is 1.89. The highest BCUT2D eigenvalue weighted by atomic mass is 79.9. The highest BCUT2D eigenvalue weighted by Crippen LogP contribution is 2.05. The first-order chi connectivity index (χ1) is 5.83. The minimum atomic E-state index is -0.197. The summed E-state index contributed by atoms with van der Waals surface area (Å²) in [5, 5.41) is 8.46. The third kappa shape index (κ3) is 2.89. The van der Waals surface area contributed by atoms with Crippen LogP contribution < -0.4 is 0 Å². The van der Waals surface area contributed by atoms with Crippen LogP contribution in [0.15, 0.2) is 36.4 Å². The smallest absolute Gasteiger partial charge is 0.120 e. The zero-order valence-electron chi connectivity index (χ0n) is 6.44. The van der Waals surface area contributed by atoms with Crippen LogP contribution in [0.3, 0.4) is 0 Å². The zero-order valence-corrected chi connectivity index (χ0v) is 8.03. The molecule has 0 bridgehead atoms. The first-order valence-electron chi connectivity index (χ1n) is 3.60. The molecule has 1 aromatic rings. The Labute approximate surface area is 80.5 Å². The van der Waals surface area contributed by atoms with Gasteiger partial charge in [-0.1, -0.05) is 58.4 Å². The van der Waals surface area contributed by atoms with Crippen molar-refractivity contribution in [1.82, 2.24) is 0 Å². The molecule has 1 aromatic carbocycles. The molecule has 12 heavy (non-hydrogen) atoms. The van der Waals surface area contributed by atoms with Gasteiger partial charge in [-0.05, 0) is 5.56 Å². The maximum Gasteiger partial charge on any atom is 0.120 e. The van der Waals surface area contributed by atoms with Gasteiger partial charge in [-0.3, -0.25) is 0 Å². The van der Waals surface area contributed by atoms with Gasteiger partial charge in [0.25, 0.3) is 0 Å². The maximum atomic E-state index is 8.46. The second-order valence-corrected chi connectivity index (χ2v) is 3.29. The van der Waals surface area contributed by atoms with Gasteiger partial charge in [0.05, 0.1) is 6.07 Å². The lowest BCUT2D eigenvalue weighted by atomic mass is 10.2. The standard InChI is InChI=1S/C10H8BrN/c11-10(8-12)7-6-9-4-2-1-3-5-9/h1-7,10H/b7-6+. The summed E-state index contributed by atoms with van der Waals surface area (Å²) in [5.74, 6) is 0. The molecule has 2 heteroatoms. The van der Waals surface area contributed by atoms with Gasteiger partial charge in [0.1, 0.15) is 4.83 Å². The van der Waals surface area contributed by atoms with Crippen LogP contribution in [0.4, 0.5) is 0 Å². The summed E-state index contributed by atoms with van der Waals surface area (Å²) in [4.78, 5) is -0.197. The molecule has 0 spiro atoms. The molecule has 1 unspecified atom stereocenters. The second kappa shape index (κ2) is 4.74. The van der Waals surface area contributed by atoms with E-state index in [9.17, 15) is 0 Å². The predicted molar refractivity (Wildman–Crippen MR) is 53.8 cm³/mol. The van der Waals surface area contributed by atoms with Crippen LogP contribution in [-0.4, -0.2) is 4.83 Å². The predicted octanol–water partition coefficient (Wildman–Crippen LogP) is 2.99. The number of hydrogen-bond acceptors (Lipinski definition) is 1. The fourth-order valence-corrected chi connectivity index (χ4v) is 0.955. The van der Waals surface area contributed by atoms with Crippen LogP contribution in [0, 0.1) is 11.3 Å². The van der Waals surface area contributed by atoms with Crippen LogP contribution in [0.1, 0.15) is 5.56 Å².